The van der Waals surface area contributed by atoms with Crippen LogP contribution in [-0.2, 0) is 19.1 Å². The Balaban J connectivity index is 3.13. The highest BCUT2D eigenvalue weighted by Gasteiger charge is 2.41. The third-order valence-electron chi connectivity index (χ3n) is 3.67. The molecule has 3 amide bonds. The topological polar surface area (TPSA) is 112 Å². The summed E-state index contributed by atoms with van der Waals surface area (Å²) in [6, 6.07) is 4.17. The number of carbonyl (C=O) groups excluding carboxylic acids is 3. The van der Waals surface area contributed by atoms with E-state index < -0.39 is 17.5 Å². The van der Waals surface area contributed by atoms with Gasteiger partial charge >= 0.3 is 6.03 Å². The maximum atomic E-state index is 12.6. The van der Waals surface area contributed by atoms with Crippen molar-refractivity contribution in [2.45, 2.75) is 18.4 Å². The van der Waals surface area contributed by atoms with Gasteiger partial charge < -0.3 is 20.0 Å². The first-order valence-electron chi connectivity index (χ1n) is 7.67. The van der Waals surface area contributed by atoms with E-state index in [0.717, 1.165) is 11.0 Å². The zero-order valence-electron chi connectivity index (χ0n) is 14.4. The molecular weight excluding hydrogens is 326 g/mol. The molecular formula is C17H23N3O5. The maximum Gasteiger partial charge on any atom is 0.322 e. The molecule has 0 atom stereocenters. The van der Waals surface area contributed by atoms with E-state index in [4.69, 9.17) is 15.2 Å². The van der Waals surface area contributed by atoms with E-state index in [1.54, 1.807) is 24.4 Å². The summed E-state index contributed by atoms with van der Waals surface area (Å²) in [4.78, 5) is 41.1. The molecule has 1 aromatic heterocycles. The molecule has 2 N–H and O–H groups in total. The molecule has 1 rings (SSSR count). The highest BCUT2D eigenvalue weighted by Crippen LogP contribution is 2.23. The van der Waals surface area contributed by atoms with E-state index in [2.05, 4.69) is 4.98 Å². The SMILES string of the molecule is COCCC(C=O)(CCOC)N(C(N)=O)C(=O)C=Cc1ccccn1. The Morgan fingerprint density at radius 3 is 2.32 bits per heavy atom. The second-order valence-corrected chi connectivity index (χ2v) is 5.31. The summed E-state index contributed by atoms with van der Waals surface area (Å²) < 4.78 is 10.0. The Morgan fingerprint density at radius 1 is 1.24 bits per heavy atom. The first kappa shape index (κ1) is 20.5. The van der Waals surface area contributed by atoms with Crippen molar-refractivity contribution in [3.8, 4) is 0 Å². The Bertz CT molecular complexity index is 596. The molecule has 0 saturated heterocycles. The molecule has 8 heteroatoms. The number of hydrogen-bond acceptors (Lipinski definition) is 6. The average molecular weight is 349 g/mol. The van der Waals surface area contributed by atoms with Crippen LogP contribution in [0.1, 0.15) is 18.5 Å². The lowest BCUT2D eigenvalue weighted by Crippen LogP contribution is -2.58. The number of amides is 3. The fraction of sp³-hybridized carbons (Fsp3) is 0.412. The van der Waals surface area contributed by atoms with Gasteiger partial charge in [-0.15, -0.1) is 0 Å². The van der Waals surface area contributed by atoms with Crippen LogP contribution >= 0.6 is 0 Å². The van der Waals surface area contributed by atoms with Gasteiger partial charge in [0.25, 0.3) is 5.91 Å². The van der Waals surface area contributed by atoms with Crippen LogP contribution < -0.4 is 5.73 Å². The van der Waals surface area contributed by atoms with Crippen LogP contribution in [0.4, 0.5) is 4.79 Å². The van der Waals surface area contributed by atoms with Gasteiger partial charge in [0.1, 0.15) is 11.8 Å². The number of nitrogens with two attached hydrogens (primary N) is 1. The molecule has 0 spiro atoms. The lowest BCUT2D eigenvalue weighted by molar-refractivity contribution is -0.135. The van der Waals surface area contributed by atoms with Gasteiger partial charge in [0.2, 0.25) is 0 Å². The van der Waals surface area contributed by atoms with E-state index in [0.29, 0.717) is 12.0 Å². The molecule has 136 valence electrons. The molecule has 1 aromatic rings. The molecule has 25 heavy (non-hydrogen) atoms. The predicted octanol–water partition coefficient (Wildman–Crippen LogP) is 1.01. The quantitative estimate of drug-likeness (QED) is 0.498. The van der Waals surface area contributed by atoms with Crippen LogP contribution in [0, 0.1) is 0 Å². The fourth-order valence-corrected chi connectivity index (χ4v) is 2.33. The summed E-state index contributed by atoms with van der Waals surface area (Å²) in [6.45, 7) is 0.340. The van der Waals surface area contributed by atoms with Gasteiger partial charge in [0.15, 0.2) is 0 Å². The summed E-state index contributed by atoms with van der Waals surface area (Å²) in [6.07, 6.45) is 4.95. The van der Waals surface area contributed by atoms with Gasteiger partial charge in [0.05, 0.1) is 5.69 Å². The molecule has 1 heterocycles. The van der Waals surface area contributed by atoms with Crippen molar-refractivity contribution < 1.29 is 23.9 Å². The number of urea groups is 1. The normalized spacial score (nSPS) is 11.4. The number of hydrogen-bond donors (Lipinski definition) is 1. The maximum absolute atomic E-state index is 12.6. The number of aromatic nitrogens is 1. The molecule has 0 bridgehead atoms. The summed E-state index contributed by atoms with van der Waals surface area (Å²) in [5.74, 6) is -0.711. The van der Waals surface area contributed by atoms with Gasteiger partial charge in [-0.25, -0.2) is 9.69 Å². The van der Waals surface area contributed by atoms with Crippen molar-refractivity contribution in [2.75, 3.05) is 27.4 Å². The molecule has 0 radical (unpaired) electrons. The van der Waals surface area contributed by atoms with Gasteiger partial charge in [-0.1, -0.05) is 6.07 Å². The van der Waals surface area contributed by atoms with Crippen molar-refractivity contribution in [3.63, 3.8) is 0 Å². The number of aldehydes is 1. The summed E-state index contributed by atoms with van der Waals surface area (Å²) in [5.41, 5.74) is 4.48. The molecule has 0 unspecified atom stereocenters. The smallest absolute Gasteiger partial charge is 0.322 e. The van der Waals surface area contributed by atoms with Crippen molar-refractivity contribution in [2.24, 2.45) is 5.73 Å². The summed E-state index contributed by atoms with van der Waals surface area (Å²) in [5, 5.41) is 0. The highest BCUT2D eigenvalue weighted by atomic mass is 16.5. The van der Waals surface area contributed by atoms with Gasteiger partial charge in [-0.2, -0.15) is 0 Å². The number of pyridine rings is 1. The van der Waals surface area contributed by atoms with E-state index >= 15 is 0 Å². The molecule has 0 aromatic carbocycles. The zero-order valence-corrected chi connectivity index (χ0v) is 14.4. The summed E-state index contributed by atoms with van der Waals surface area (Å²) >= 11 is 0. The molecule has 0 aliphatic rings. The van der Waals surface area contributed by atoms with Crippen LogP contribution in [-0.4, -0.2) is 61.1 Å². The number of methoxy groups -OCH3 is 2. The Morgan fingerprint density at radius 2 is 1.88 bits per heavy atom. The number of ether oxygens (including phenoxy) is 2. The first-order chi connectivity index (χ1) is 12.0. The number of imide groups is 1. The largest absolute Gasteiger partial charge is 0.385 e. The number of carbonyl (C=O) groups is 3. The van der Waals surface area contributed by atoms with Crippen LogP contribution in [0.25, 0.3) is 6.08 Å². The second kappa shape index (κ2) is 10.3. The molecule has 0 fully saturated rings. The van der Waals surface area contributed by atoms with E-state index in [1.807, 2.05) is 0 Å². The lowest BCUT2D eigenvalue weighted by Gasteiger charge is -2.36. The molecule has 8 nitrogen and oxygen atoms in total. The second-order valence-electron chi connectivity index (χ2n) is 5.31. The summed E-state index contributed by atoms with van der Waals surface area (Å²) in [7, 11) is 2.92. The van der Waals surface area contributed by atoms with Crippen LogP contribution in [0.15, 0.2) is 30.5 Å². The number of nitrogens with zero attached hydrogens (tertiary/aromatic N) is 2. The predicted molar refractivity (Wildman–Crippen MR) is 91.5 cm³/mol. The van der Waals surface area contributed by atoms with Gasteiger partial charge in [0, 0.05) is 52.5 Å². The monoisotopic (exact) mass is 349 g/mol. The third kappa shape index (κ3) is 5.77. The molecule has 0 aliphatic heterocycles. The number of rotatable bonds is 10. The minimum Gasteiger partial charge on any atom is -0.385 e. The Kier molecular flexibility index (Phi) is 8.45. The average Bonchev–Trinajstić information content (AvgIpc) is 2.62. The van der Waals surface area contributed by atoms with Crippen molar-refractivity contribution in [3.05, 3.63) is 36.2 Å². The van der Waals surface area contributed by atoms with Crippen molar-refractivity contribution >= 4 is 24.3 Å². The molecule has 0 aliphatic carbocycles. The zero-order chi connectivity index (χ0) is 18.7. The highest BCUT2D eigenvalue weighted by molar-refractivity contribution is 6.04. The first-order valence-corrected chi connectivity index (χ1v) is 7.67. The van der Waals surface area contributed by atoms with Crippen LogP contribution in [0.2, 0.25) is 0 Å². The minimum absolute atomic E-state index is 0.114. The molecule has 0 saturated carbocycles. The fourth-order valence-electron chi connectivity index (χ4n) is 2.33. The van der Waals surface area contributed by atoms with Gasteiger partial charge in [-0.3, -0.25) is 9.78 Å². The van der Waals surface area contributed by atoms with E-state index in [-0.39, 0.29) is 26.1 Å². The third-order valence-corrected chi connectivity index (χ3v) is 3.67. The van der Waals surface area contributed by atoms with Crippen LogP contribution in [0.5, 0.6) is 0 Å². The van der Waals surface area contributed by atoms with Crippen LogP contribution in [0.3, 0.4) is 0 Å². The Hall–Kier alpha value is -2.58. The van der Waals surface area contributed by atoms with Crippen molar-refractivity contribution in [1.29, 1.82) is 0 Å². The van der Waals surface area contributed by atoms with Crippen molar-refractivity contribution in [1.82, 2.24) is 9.88 Å². The van der Waals surface area contributed by atoms with E-state index in [9.17, 15) is 14.4 Å². The Labute approximate surface area is 146 Å². The van der Waals surface area contributed by atoms with Gasteiger partial charge in [-0.05, 0) is 18.2 Å². The standard InChI is InChI=1S/C17H23N3O5/c1-24-11-8-17(13-21,9-12-25-2)20(16(18)23)15(22)7-6-14-5-3-4-10-19-14/h3-7,10,13H,8-9,11-12H2,1-2H3,(H2,18,23). The lowest BCUT2D eigenvalue weighted by atomic mass is 9.91. The minimum atomic E-state index is -1.44. The van der Waals surface area contributed by atoms with E-state index in [1.165, 1.54) is 20.3 Å². The number of primary amides is 1.